The molecule has 2 atom stereocenters. The molecule has 1 heterocycles. The van der Waals surface area contributed by atoms with Crippen LogP contribution in [0, 0.1) is 10.8 Å². The molecule has 1 saturated carbocycles. The molecule has 0 radical (unpaired) electrons. The lowest BCUT2D eigenvalue weighted by molar-refractivity contribution is 0.0696. The van der Waals surface area contributed by atoms with Gasteiger partial charge in [-0.1, -0.05) is 26.8 Å². The summed E-state index contributed by atoms with van der Waals surface area (Å²) in [6, 6.07) is 7.44. The molecule has 1 aliphatic heterocycles. The minimum Gasteiger partial charge on any atom is -0.494 e. The SMILES string of the molecule is CC1(C)CC2CC(C)(CN2CCCOc2cccc(C(=O)O)c2)C1. The Morgan fingerprint density at radius 2 is 2.12 bits per heavy atom. The Labute approximate surface area is 144 Å². The van der Waals surface area contributed by atoms with Crippen LogP contribution in [0.3, 0.4) is 0 Å². The van der Waals surface area contributed by atoms with E-state index in [1.54, 1.807) is 18.2 Å². The molecular weight excluding hydrogens is 302 g/mol. The summed E-state index contributed by atoms with van der Waals surface area (Å²) in [4.78, 5) is 13.6. The Morgan fingerprint density at radius 1 is 1.33 bits per heavy atom. The second-order valence-electron chi connectivity index (χ2n) is 8.72. The van der Waals surface area contributed by atoms with Gasteiger partial charge in [0.1, 0.15) is 5.75 Å². The Morgan fingerprint density at radius 3 is 2.88 bits per heavy atom. The highest BCUT2D eigenvalue weighted by molar-refractivity contribution is 5.87. The molecule has 1 saturated heterocycles. The molecule has 1 aromatic carbocycles. The molecule has 1 N–H and O–H groups in total. The number of benzene rings is 1. The van der Waals surface area contributed by atoms with Crippen molar-refractivity contribution in [3.05, 3.63) is 29.8 Å². The Kier molecular flexibility index (Phi) is 4.60. The maximum atomic E-state index is 11.0. The summed E-state index contributed by atoms with van der Waals surface area (Å²) in [5.74, 6) is -0.274. The number of aromatic carboxylic acids is 1. The van der Waals surface area contributed by atoms with Crippen LogP contribution in [0.25, 0.3) is 0 Å². The van der Waals surface area contributed by atoms with Crippen molar-refractivity contribution in [1.29, 1.82) is 0 Å². The third-order valence-corrected chi connectivity index (χ3v) is 5.46. The van der Waals surface area contributed by atoms with Crippen LogP contribution in [-0.4, -0.2) is 41.7 Å². The van der Waals surface area contributed by atoms with E-state index in [-0.39, 0.29) is 5.56 Å². The smallest absolute Gasteiger partial charge is 0.335 e. The molecule has 2 bridgehead atoms. The molecule has 2 fully saturated rings. The number of ether oxygens (including phenoxy) is 1. The molecule has 2 aliphatic rings. The number of nitrogens with zero attached hydrogens (tertiary/aromatic N) is 1. The molecule has 132 valence electrons. The number of hydrogen-bond acceptors (Lipinski definition) is 3. The van der Waals surface area contributed by atoms with E-state index in [0.29, 0.717) is 29.2 Å². The van der Waals surface area contributed by atoms with Crippen molar-refractivity contribution >= 4 is 5.97 Å². The van der Waals surface area contributed by atoms with Gasteiger partial charge in [0.05, 0.1) is 12.2 Å². The van der Waals surface area contributed by atoms with E-state index in [2.05, 4.69) is 25.7 Å². The second kappa shape index (κ2) is 6.40. The topological polar surface area (TPSA) is 49.8 Å². The molecule has 1 aliphatic carbocycles. The van der Waals surface area contributed by atoms with Crippen LogP contribution in [0.15, 0.2) is 24.3 Å². The van der Waals surface area contributed by atoms with Gasteiger partial charge < -0.3 is 9.84 Å². The first-order chi connectivity index (χ1) is 11.3. The van der Waals surface area contributed by atoms with Crippen molar-refractivity contribution in [2.75, 3.05) is 19.7 Å². The van der Waals surface area contributed by atoms with Crippen LogP contribution < -0.4 is 4.74 Å². The number of carbonyl (C=O) groups is 1. The van der Waals surface area contributed by atoms with E-state index in [1.807, 2.05) is 6.07 Å². The largest absolute Gasteiger partial charge is 0.494 e. The number of rotatable bonds is 6. The second-order valence-corrected chi connectivity index (χ2v) is 8.72. The predicted molar refractivity (Wildman–Crippen MR) is 94.6 cm³/mol. The molecule has 3 rings (SSSR count). The van der Waals surface area contributed by atoms with Crippen LogP contribution in [0.4, 0.5) is 0 Å². The van der Waals surface area contributed by atoms with Gasteiger partial charge in [-0.05, 0) is 54.7 Å². The third-order valence-electron chi connectivity index (χ3n) is 5.46. The fourth-order valence-corrected chi connectivity index (χ4v) is 5.01. The summed E-state index contributed by atoms with van der Waals surface area (Å²) in [6.07, 6.45) is 4.93. The highest BCUT2D eigenvalue weighted by Gasteiger charge is 2.49. The fourth-order valence-electron chi connectivity index (χ4n) is 5.01. The van der Waals surface area contributed by atoms with Crippen molar-refractivity contribution in [2.45, 2.75) is 52.5 Å². The van der Waals surface area contributed by atoms with Crippen molar-refractivity contribution in [1.82, 2.24) is 4.90 Å². The zero-order valence-corrected chi connectivity index (χ0v) is 15.0. The van der Waals surface area contributed by atoms with Gasteiger partial charge in [0, 0.05) is 19.1 Å². The quantitative estimate of drug-likeness (QED) is 0.799. The van der Waals surface area contributed by atoms with Gasteiger partial charge in [0.15, 0.2) is 0 Å². The lowest BCUT2D eigenvalue weighted by atomic mass is 9.65. The Hall–Kier alpha value is -1.55. The van der Waals surface area contributed by atoms with Gasteiger partial charge in [0.2, 0.25) is 0 Å². The molecule has 2 unspecified atom stereocenters. The fraction of sp³-hybridized carbons (Fsp3) is 0.650. The first-order valence-corrected chi connectivity index (χ1v) is 8.97. The average molecular weight is 331 g/mol. The van der Waals surface area contributed by atoms with E-state index in [0.717, 1.165) is 13.0 Å². The van der Waals surface area contributed by atoms with Gasteiger partial charge in [-0.25, -0.2) is 4.79 Å². The summed E-state index contributed by atoms with van der Waals surface area (Å²) in [5.41, 5.74) is 1.21. The maximum Gasteiger partial charge on any atom is 0.335 e. The monoisotopic (exact) mass is 331 g/mol. The van der Waals surface area contributed by atoms with Crippen molar-refractivity contribution in [3.8, 4) is 5.75 Å². The van der Waals surface area contributed by atoms with Crippen LogP contribution in [0.2, 0.25) is 0 Å². The number of hydrogen-bond donors (Lipinski definition) is 1. The van der Waals surface area contributed by atoms with Crippen LogP contribution in [0.1, 0.15) is 56.8 Å². The number of likely N-dealkylation sites (tertiary alicyclic amines) is 1. The van der Waals surface area contributed by atoms with Gasteiger partial charge in [-0.3, -0.25) is 4.90 Å². The standard InChI is InChI=1S/C20H29NO3/c1-19(2)11-16-12-20(3,13-19)14-21(16)8-5-9-24-17-7-4-6-15(10-17)18(22)23/h4,6-7,10,16H,5,8-9,11-14H2,1-3H3,(H,22,23). The van der Waals surface area contributed by atoms with Crippen molar-refractivity contribution in [2.24, 2.45) is 10.8 Å². The highest BCUT2D eigenvalue weighted by atomic mass is 16.5. The normalized spacial score (nSPS) is 28.7. The minimum absolute atomic E-state index is 0.274. The number of carboxylic acids is 1. The number of carboxylic acid groups (broad SMARTS) is 1. The van der Waals surface area contributed by atoms with Crippen LogP contribution >= 0.6 is 0 Å². The molecule has 1 aromatic rings. The molecule has 4 heteroatoms. The zero-order valence-electron chi connectivity index (χ0n) is 15.0. The minimum atomic E-state index is -0.916. The lowest BCUT2D eigenvalue weighted by Crippen LogP contribution is -2.35. The van der Waals surface area contributed by atoms with Crippen LogP contribution in [-0.2, 0) is 0 Å². The Balaban J connectivity index is 1.48. The summed E-state index contributed by atoms with van der Waals surface area (Å²) in [7, 11) is 0. The van der Waals surface area contributed by atoms with E-state index >= 15 is 0 Å². The first-order valence-electron chi connectivity index (χ1n) is 8.97. The molecule has 24 heavy (non-hydrogen) atoms. The van der Waals surface area contributed by atoms with Gasteiger partial charge in [-0.2, -0.15) is 0 Å². The van der Waals surface area contributed by atoms with Gasteiger partial charge >= 0.3 is 5.97 Å². The van der Waals surface area contributed by atoms with Crippen molar-refractivity contribution in [3.63, 3.8) is 0 Å². The zero-order chi connectivity index (χ0) is 17.4. The summed E-state index contributed by atoms with van der Waals surface area (Å²) in [5, 5.41) is 9.02. The maximum absolute atomic E-state index is 11.0. The summed E-state index contributed by atoms with van der Waals surface area (Å²) >= 11 is 0. The van der Waals surface area contributed by atoms with Crippen LogP contribution in [0.5, 0.6) is 5.75 Å². The molecule has 4 nitrogen and oxygen atoms in total. The molecule has 0 amide bonds. The Bertz CT molecular complexity index is 613. The third kappa shape index (κ3) is 3.92. The molecule has 0 aromatic heterocycles. The van der Waals surface area contributed by atoms with E-state index < -0.39 is 5.97 Å². The predicted octanol–water partition coefficient (Wildman–Crippen LogP) is 4.05. The first kappa shape index (κ1) is 17.3. The highest BCUT2D eigenvalue weighted by Crippen LogP contribution is 2.52. The summed E-state index contributed by atoms with van der Waals surface area (Å²) < 4.78 is 5.74. The summed E-state index contributed by atoms with van der Waals surface area (Å²) in [6.45, 7) is 10.1. The lowest BCUT2D eigenvalue weighted by Gasteiger charge is -2.40. The number of fused-ring (bicyclic) bond motifs is 2. The van der Waals surface area contributed by atoms with E-state index in [1.165, 1.54) is 25.8 Å². The van der Waals surface area contributed by atoms with E-state index in [9.17, 15) is 4.79 Å². The van der Waals surface area contributed by atoms with Gasteiger partial charge in [0.25, 0.3) is 0 Å². The average Bonchev–Trinajstić information content (AvgIpc) is 2.72. The van der Waals surface area contributed by atoms with Crippen molar-refractivity contribution < 1.29 is 14.6 Å². The van der Waals surface area contributed by atoms with Gasteiger partial charge in [-0.15, -0.1) is 0 Å². The molecule has 0 spiro atoms. The van der Waals surface area contributed by atoms with E-state index in [4.69, 9.17) is 9.84 Å². The molecular formula is C20H29NO3.